The minimum absolute atomic E-state index is 0.162. The summed E-state index contributed by atoms with van der Waals surface area (Å²) in [5.41, 5.74) is 7.42. The van der Waals surface area contributed by atoms with Gasteiger partial charge >= 0.3 is 0 Å². The summed E-state index contributed by atoms with van der Waals surface area (Å²) in [7, 11) is 0. The minimum atomic E-state index is 0.162. The van der Waals surface area contributed by atoms with Crippen molar-refractivity contribution in [3.05, 3.63) is 158 Å². The van der Waals surface area contributed by atoms with Gasteiger partial charge in [-0.3, -0.25) is 0 Å². The Labute approximate surface area is 281 Å². The van der Waals surface area contributed by atoms with E-state index in [1.165, 1.54) is 5.39 Å². The monoisotopic (exact) mass is 628 g/mol. The first-order chi connectivity index (χ1) is 24.1. The molecule has 0 saturated carbocycles. The molecule has 49 heavy (non-hydrogen) atoms. The number of phenolic OH excluding ortho intramolecular Hbond substituents is 2. The molecule has 3 heteroatoms. The molecule has 2 N–H and O–H groups in total. The van der Waals surface area contributed by atoms with E-state index in [0.717, 1.165) is 82.1 Å². The lowest BCUT2D eigenvalue weighted by molar-refractivity contribution is 0.477. The van der Waals surface area contributed by atoms with Crippen LogP contribution in [0.15, 0.2) is 162 Å². The highest BCUT2D eigenvalue weighted by Gasteiger charge is 2.22. The molecule has 0 saturated heterocycles. The number of hydrogen-bond donors (Lipinski definition) is 2. The van der Waals surface area contributed by atoms with Gasteiger partial charge in [-0.1, -0.05) is 115 Å². The molecule has 3 nitrogen and oxygen atoms in total. The zero-order chi connectivity index (χ0) is 32.6. The molecule has 10 aromatic rings. The van der Waals surface area contributed by atoms with Crippen LogP contribution < -0.4 is 0 Å². The van der Waals surface area contributed by atoms with Crippen LogP contribution in [0.4, 0.5) is 0 Å². The van der Waals surface area contributed by atoms with Crippen molar-refractivity contribution in [2.45, 2.75) is 0 Å². The highest BCUT2D eigenvalue weighted by molar-refractivity contribution is 6.26. The van der Waals surface area contributed by atoms with Gasteiger partial charge in [-0.2, -0.15) is 0 Å². The van der Waals surface area contributed by atoms with Gasteiger partial charge in [-0.15, -0.1) is 0 Å². The van der Waals surface area contributed by atoms with Crippen LogP contribution in [0.1, 0.15) is 0 Å². The van der Waals surface area contributed by atoms with Gasteiger partial charge in [-0.05, 0) is 102 Å². The predicted molar refractivity (Wildman–Crippen MR) is 203 cm³/mol. The summed E-state index contributed by atoms with van der Waals surface area (Å²) in [4.78, 5) is 0. The van der Waals surface area contributed by atoms with Gasteiger partial charge < -0.3 is 14.6 Å². The Bertz CT molecular complexity index is 2900. The van der Waals surface area contributed by atoms with Crippen molar-refractivity contribution in [2.24, 2.45) is 0 Å². The average molecular weight is 629 g/mol. The van der Waals surface area contributed by atoms with Crippen LogP contribution in [0.25, 0.3) is 98.4 Å². The number of furan rings is 1. The topological polar surface area (TPSA) is 53.6 Å². The van der Waals surface area contributed by atoms with Crippen molar-refractivity contribution in [3.63, 3.8) is 0 Å². The molecule has 0 fully saturated rings. The van der Waals surface area contributed by atoms with E-state index in [1.807, 2.05) is 60.7 Å². The van der Waals surface area contributed by atoms with Crippen LogP contribution in [0.3, 0.4) is 0 Å². The van der Waals surface area contributed by atoms with E-state index in [1.54, 1.807) is 12.1 Å². The quantitative estimate of drug-likeness (QED) is 0.191. The molecule has 0 aliphatic rings. The Kier molecular flexibility index (Phi) is 5.88. The summed E-state index contributed by atoms with van der Waals surface area (Å²) in [6, 6.07) is 53.4. The molecular formula is C46H28O3. The number of phenols is 2. The van der Waals surface area contributed by atoms with E-state index in [0.29, 0.717) is 10.9 Å². The maximum Gasteiger partial charge on any atom is 0.136 e. The summed E-state index contributed by atoms with van der Waals surface area (Å²) in [5, 5.41) is 33.2. The van der Waals surface area contributed by atoms with Crippen molar-refractivity contribution in [1.82, 2.24) is 0 Å². The second-order valence-electron chi connectivity index (χ2n) is 12.8. The standard InChI is InChI=1S/C46H28O3/c47-40-23-30(27-11-2-1-3-12-27)21-31-24-41(48)38(26-37(31)40)45-34-17-8-6-15-32(34)44(33-16-7-9-18-35(33)45)36-19-10-20-42-46(36)39-22-28-13-4-5-14-29(28)25-43(39)49-42/h1-26,47-48H. The van der Waals surface area contributed by atoms with Crippen LogP contribution in [0, 0.1) is 0 Å². The second kappa shape index (κ2) is 10.5. The molecule has 230 valence electrons. The molecule has 0 spiro atoms. The van der Waals surface area contributed by atoms with Crippen LogP contribution in [0.2, 0.25) is 0 Å². The Balaban J connectivity index is 1.27. The molecule has 9 aromatic carbocycles. The van der Waals surface area contributed by atoms with Gasteiger partial charge in [0.1, 0.15) is 22.7 Å². The van der Waals surface area contributed by atoms with E-state index < -0.39 is 0 Å². The van der Waals surface area contributed by atoms with Crippen LogP contribution in [-0.4, -0.2) is 10.2 Å². The Hall–Kier alpha value is -6.58. The number of fused-ring (bicyclic) bond motifs is 7. The first-order valence-corrected chi connectivity index (χ1v) is 16.5. The molecule has 0 aliphatic heterocycles. The van der Waals surface area contributed by atoms with Crippen LogP contribution >= 0.6 is 0 Å². The van der Waals surface area contributed by atoms with Gasteiger partial charge in [0.05, 0.1) is 0 Å². The van der Waals surface area contributed by atoms with Gasteiger partial charge in [0.15, 0.2) is 0 Å². The van der Waals surface area contributed by atoms with Crippen molar-refractivity contribution >= 4 is 65.0 Å². The summed E-state index contributed by atoms with van der Waals surface area (Å²) >= 11 is 0. The lowest BCUT2D eigenvalue weighted by atomic mass is 9.84. The normalized spacial score (nSPS) is 11.8. The third-order valence-corrected chi connectivity index (χ3v) is 9.99. The Morgan fingerprint density at radius 2 is 0.959 bits per heavy atom. The molecule has 0 radical (unpaired) electrons. The second-order valence-corrected chi connectivity index (χ2v) is 12.8. The molecular weight excluding hydrogens is 601 g/mol. The largest absolute Gasteiger partial charge is 0.507 e. The fourth-order valence-electron chi connectivity index (χ4n) is 7.81. The minimum Gasteiger partial charge on any atom is -0.507 e. The van der Waals surface area contributed by atoms with E-state index in [9.17, 15) is 10.2 Å². The molecule has 0 bridgehead atoms. The fourth-order valence-corrected chi connectivity index (χ4v) is 7.81. The first-order valence-electron chi connectivity index (χ1n) is 16.5. The summed E-state index contributed by atoms with van der Waals surface area (Å²) < 4.78 is 6.49. The lowest BCUT2D eigenvalue weighted by Gasteiger charge is -2.19. The summed E-state index contributed by atoms with van der Waals surface area (Å²) in [6.45, 7) is 0. The average Bonchev–Trinajstić information content (AvgIpc) is 3.51. The smallest absolute Gasteiger partial charge is 0.136 e. The van der Waals surface area contributed by atoms with Crippen LogP contribution in [-0.2, 0) is 0 Å². The highest BCUT2D eigenvalue weighted by atomic mass is 16.3. The third kappa shape index (κ3) is 4.16. The SMILES string of the molecule is Oc1cc2cc(-c3ccccc3)cc(O)c2cc1-c1c2ccccc2c(-c2cccc3oc4cc5ccccc5cc4c23)c2ccccc12. The van der Waals surface area contributed by atoms with Crippen molar-refractivity contribution in [1.29, 1.82) is 0 Å². The Morgan fingerprint density at radius 1 is 0.347 bits per heavy atom. The van der Waals surface area contributed by atoms with Crippen molar-refractivity contribution in [3.8, 4) is 44.9 Å². The van der Waals surface area contributed by atoms with Crippen molar-refractivity contribution < 1.29 is 14.6 Å². The number of rotatable bonds is 3. The molecule has 10 rings (SSSR count). The fraction of sp³-hybridized carbons (Fsp3) is 0. The number of aromatic hydroxyl groups is 2. The number of benzene rings is 9. The van der Waals surface area contributed by atoms with Gasteiger partial charge in [-0.25, -0.2) is 0 Å². The predicted octanol–water partition coefficient (Wildman–Crippen LogP) is 12.6. The van der Waals surface area contributed by atoms with E-state index in [4.69, 9.17) is 4.42 Å². The third-order valence-electron chi connectivity index (χ3n) is 9.99. The summed E-state index contributed by atoms with van der Waals surface area (Å²) in [5.74, 6) is 0.337. The molecule has 1 heterocycles. The van der Waals surface area contributed by atoms with Gasteiger partial charge in [0.25, 0.3) is 0 Å². The zero-order valence-electron chi connectivity index (χ0n) is 26.3. The molecule has 0 unspecified atom stereocenters. The van der Waals surface area contributed by atoms with E-state index in [-0.39, 0.29) is 11.5 Å². The lowest BCUT2D eigenvalue weighted by Crippen LogP contribution is -1.92. The maximum atomic E-state index is 11.7. The summed E-state index contributed by atoms with van der Waals surface area (Å²) in [6.07, 6.45) is 0. The molecule has 0 amide bonds. The zero-order valence-corrected chi connectivity index (χ0v) is 26.3. The highest BCUT2D eigenvalue weighted by Crippen LogP contribution is 2.49. The van der Waals surface area contributed by atoms with E-state index >= 15 is 0 Å². The van der Waals surface area contributed by atoms with Gasteiger partial charge in [0.2, 0.25) is 0 Å². The molecule has 1 aromatic heterocycles. The number of hydrogen-bond acceptors (Lipinski definition) is 3. The van der Waals surface area contributed by atoms with Gasteiger partial charge in [0, 0.05) is 27.3 Å². The Morgan fingerprint density at radius 3 is 1.65 bits per heavy atom. The maximum absolute atomic E-state index is 11.7. The van der Waals surface area contributed by atoms with E-state index in [2.05, 4.69) is 84.9 Å². The van der Waals surface area contributed by atoms with Crippen molar-refractivity contribution in [2.75, 3.05) is 0 Å². The molecule has 0 atom stereocenters. The van der Waals surface area contributed by atoms with Crippen LogP contribution in [0.5, 0.6) is 11.5 Å². The molecule has 0 aliphatic carbocycles. The first kappa shape index (κ1) is 27.5.